The second-order valence-corrected chi connectivity index (χ2v) is 6.02. The molecule has 1 unspecified atom stereocenters. The van der Waals surface area contributed by atoms with Crippen LogP contribution in [-0.2, 0) is 0 Å². The van der Waals surface area contributed by atoms with Crippen LogP contribution in [0.3, 0.4) is 0 Å². The van der Waals surface area contributed by atoms with E-state index in [9.17, 15) is 0 Å². The molecule has 0 saturated heterocycles. The predicted octanol–water partition coefficient (Wildman–Crippen LogP) is 4.61. The van der Waals surface area contributed by atoms with E-state index in [1.165, 1.54) is 0 Å². The first-order chi connectivity index (χ1) is 8.65. The summed E-state index contributed by atoms with van der Waals surface area (Å²) in [5.41, 5.74) is 9.34. The number of halogens is 1. The molecule has 2 N–H and O–H groups in total. The van der Waals surface area contributed by atoms with E-state index in [1.54, 1.807) is 11.3 Å². The molecule has 3 aromatic rings. The molecule has 0 spiro atoms. The zero-order chi connectivity index (χ0) is 12.7. The van der Waals surface area contributed by atoms with Gasteiger partial charge in [0.15, 0.2) is 0 Å². The molecule has 0 aliphatic carbocycles. The molecule has 3 rings (SSSR count). The SMILES string of the molecule is Cc1cc(Br)cc2cc(C(N)c3ccsc3)oc12. The van der Waals surface area contributed by atoms with Crippen LogP contribution >= 0.6 is 27.3 Å². The van der Waals surface area contributed by atoms with E-state index < -0.39 is 0 Å². The number of furan rings is 1. The number of rotatable bonds is 2. The molecule has 2 aromatic heterocycles. The summed E-state index contributed by atoms with van der Waals surface area (Å²) >= 11 is 5.14. The molecule has 2 nitrogen and oxygen atoms in total. The zero-order valence-corrected chi connectivity index (χ0v) is 12.2. The average Bonchev–Trinajstić information content (AvgIpc) is 2.96. The van der Waals surface area contributed by atoms with E-state index >= 15 is 0 Å². The molecule has 0 saturated carbocycles. The maximum Gasteiger partial charge on any atom is 0.137 e. The molecular formula is C14H12BrNOS. The van der Waals surface area contributed by atoms with Gasteiger partial charge in [0, 0.05) is 9.86 Å². The number of hydrogen-bond donors (Lipinski definition) is 1. The molecule has 0 aliphatic rings. The van der Waals surface area contributed by atoms with Crippen molar-refractivity contribution < 1.29 is 4.42 Å². The van der Waals surface area contributed by atoms with Crippen LogP contribution in [0.5, 0.6) is 0 Å². The molecule has 4 heteroatoms. The van der Waals surface area contributed by atoms with Crippen molar-refractivity contribution >= 4 is 38.2 Å². The molecule has 0 fully saturated rings. The first-order valence-corrected chi connectivity index (χ1v) is 7.36. The summed E-state index contributed by atoms with van der Waals surface area (Å²) in [7, 11) is 0. The summed E-state index contributed by atoms with van der Waals surface area (Å²) < 4.78 is 6.96. The fraction of sp³-hybridized carbons (Fsp3) is 0.143. The molecular weight excluding hydrogens is 310 g/mol. The Labute approximate surface area is 118 Å². The topological polar surface area (TPSA) is 39.2 Å². The smallest absolute Gasteiger partial charge is 0.137 e. The maximum atomic E-state index is 6.21. The van der Waals surface area contributed by atoms with Crippen LogP contribution in [-0.4, -0.2) is 0 Å². The monoisotopic (exact) mass is 321 g/mol. The minimum Gasteiger partial charge on any atom is -0.459 e. The second kappa shape index (κ2) is 4.53. The number of benzene rings is 1. The third-order valence-corrected chi connectivity index (χ3v) is 4.15. The highest BCUT2D eigenvalue weighted by Crippen LogP contribution is 2.31. The first-order valence-electron chi connectivity index (χ1n) is 5.62. The van der Waals surface area contributed by atoms with Crippen LogP contribution in [0.25, 0.3) is 11.0 Å². The van der Waals surface area contributed by atoms with Crippen LogP contribution in [0.2, 0.25) is 0 Å². The molecule has 2 heterocycles. The van der Waals surface area contributed by atoms with Gasteiger partial charge in [-0.3, -0.25) is 0 Å². The highest BCUT2D eigenvalue weighted by molar-refractivity contribution is 9.10. The van der Waals surface area contributed by atoms with Gasteiger partial charge in [-0.15, -0.1) is 0 Å². The van der Waals surface area contributed by atoms with Crippen LogP contribution < -0.4 is 5.73 Å². The molecule has 18 heavy (non-hydrogen) atoms. The Kier molecular flexibility index (Phi) is 3.01. The molecule has 0 aliphatic heterocycles. The van der Waals surface area contributed by atoms with Gasteiger partial charge in [0.2, 0.25) is 0 Å². The molecule has 92 valence electrons. The number of nitrogens with two attached hydrogens (primary N) is 1. The van der Waals surface area contributed by atoms with Crippen molar-refractivity contribution in [1.29, 1.82) is 0 Å². The standard InChI is InChI=1S/C14H12BrNOS/c1-8-4-11(15)5-10-6-12(17-14(8)10)13(16)9-2-3-18-7-9/h2-7,13H,16H2,1H3. The Morgan fingerprint density at radius 3 is 2.89 bits per heavy atom. The van der Waals surface area contributed by atoms with Gasteiger partial charge in [0.1, 0.15) is 11.3 Å². The Hall–Kier alpha value is -1.10. The van der Waals surface area contributed by atoms with Crippen molar-refractivity contribution in [2.45, 2.75) is 13.0 Å². The van der Waals surface area contributed by atoms with Crippen molar-refractivity contribution in [3.63, 3.8) is 0 Å². The van der Waals surface area contributed by atoms with Gasteiger partial charge in [-0.25, -0.2) is 0 Å². The molecule has 0 amide bonds. The van der Waals surface area contributed by atoms with Crippen molar-refractivity contribution in [3.8, 4) is 0 Å². The Balaban J connectivity index is 2.11. The van der Waals surface area contributed by atoms with Crippen molar-refractivity contribution in [1.82, 2.24) is 0 Å². The molecule has 0 radical (unpaired) electrons. The van der Waals surface area contributed by atoms with Crippen LogP contribution in [0.4, 0.5) is 0 Å². The maximum absolute atomic E-state index is 6.21. The predicted molar refractivity (Wildman–Crippen MR) is 79.0 cm³/mol. The van der Waals surface area contributed by atoms with Gasteiger partial charge in [0.05, 0.1) is 6.04 Å². The van der Waals surface area contributed by atoms with Crippen LogP contribution in [0.1, 0.15) is 22.9 Å². The Morgan fingerprint density at radius 2 is 2.17 bits per heavy atom. The summed E-state index contributed by atoms with van der Waals surface area (Å²) in [5, 5.41) is 5.17. The minimum atomic E-state index is -0.193. The van der Waals surface area contributed by atoms with E-state index in [0.717, 1.165) is 32.3 Å². The van der Waals surface area contributed by atoms with Gasteiger partial charge in [-0.1, -0.05) is 15.9 Å². The van der Waals surface area contributed by atoms with Crippen molar-refractivity contribution in [2.24, 2.45) is 5.73 Å². The lowest BCUT2D eigenvalue weighted by Gasteiger charge is -2.05. The molecule has 1 atom stereocenters. The summed E-state index contributed by atoms with van der Waals surface area (Å²) in [5.74, 6) is 0.810. The fourth-order valence-corrected chi connectivity index (χ4v) is 3.36. The highest BCUT2D eigenvalue weighted by Gasteiger charge is 2.15. The van der Waals surface area contributed by atoms with Gasteiger partial charge in [-0.05, 0) is 53.1 Å². The van der Waals surface area contributed by atoms with E-state index in [2.05, 4.69) is 27.4 Å². The van der Waals surface area contributed by atoms with Gasteiger partial charge >= 0.3 is 0 Å². The van der Waals surface area contributed by atoms with Gasteiger partial charge in [0.25, 0.3) is 0 Å². The Morgan fingerprint density at radius 1 is 1.33 bits per heavy atom. The zero-order valence-electron chi connectivity index (χ0n) is 9.81. The second-order valence-electron chi connectivity index (χ2n) is 4.32. The summed E-state index contributed by atoms with van der Waals surface area (Å²) in [6, 6.07) is 7.96. The highest BCUT2D eigenvalue weighted by atomic mass is 79.9. The third kappa shape index (κ3) is 2.00. The Bertz CT molecular complexity index is 687. The lowest BCUT2D eigenvalue weighted by atomic mass is 10.1. The van der Waals surface area contributed by atoms with E-state index in [1.807, 2.05) is 30.5 Å². The summed E-state index contributed by atoms with van der Waals surface area (Å²) in [6.45, 7) is 2.04. The van der Waals surface area contributed by atoms with E-state index in [-0.39, 0.29) is 6.04 Å². The first kappa shape index (κ1) is 12.0. The quantitative estimate of drug-likeness (QED) is 0.748. The number of hydrogen-bond acceptors (Lipinski definition) is 3. The summed E-state index contributed by atoms with van der Waals surface area (Å²) in [4.78, 5) is 0. The van der Waals surface area contributed by atoms with E-state index in [4.69, 9.17) is 10.2 Å². The number of fused-ring (bicyclic) bond motifs is 1. The normalized spacial score (nSPS) is 13.1. The van der Waals surface area contributed by atoms with Crippen LogP contribution in [0.15, 0.2) is 43.9 Å². The van der Waals surface area contributed by atoms with Crippen molar-refractivity contribution in [2.75, 3.05) is 0 Å². The number of thiophene rings is 1. The molecule has 1 aromatic carbocycles. The molecule has 0 bridgehead atoms. The summed E-state index contributed by atoms with van der Waals surface area (Å²) in [6.07, 6.45) is 0. The third-order valence-electron chi connectivity index (χ3n) is 2.99. The van der Waals surface area contributed by atoms with Crippen molar-refractivity contribution in [3.05, 3.63) is 56.4 Å². The average molecular weight is 322 g/mol. The van der Waals surface area contributed by atoms with Gasteiger partial charge in [-0.2, -0.15) is 11.3 Å². The fourth-order valence-electron chi connectivity index (χ4n) is 2.07. The van der Waals surface area contributed by atoms with Gasteiger partial charge < -0.3 is 10.2 Å². The largest absolute Gasteiger partial charge is 0.459 e. The number of aryl methyl sites for hydroxylation is 1. The van der Waals surface area contributed by atoms with E-state index in [0.29, 0.717) is 0 Å². The lowest BCUT2D eigenvalue weighted by Crippen LogP contribution is -2.09. The lowest BCUT2D eigenvalue weighted by molar-refractivity contribution is 0.524. The minimum absolute atomic E-state index is 0.193. The van der Waals surface area contributed by atoms with Crippen LogP contribution in [0, 0.1) is 6.92 Å².